The van der Waals surface area contributed by atoms with Gasteiger partial charge in [0, 0.05) is 5.56 Å². The Morgan fingerprint density at radius 2 is 1.93 bits per heavy atom. The summed E-state index contributed by atoms with van der Waals surface area (Å²) in [7, 11) is 0. The summed E-state index contributed by atoms with van der Waals surface area (Å²) < 4.78 is 36.6. The van der Waals surface area contributed by atoms with E-state index >= 15 is 0 Å². The Labute approximate surface area is 79.2 Å². The number of phenolic OH excluding ortho intramolecular Hbond substituents is 1. The topological polar surface area (TPSA) is 46.2 Å². The van der Waals surface area contributed by atoms with Crippen LogP contribution in [0.15, 0.2) is 18.2 Å². The van der Waals surface area contributed by atoms with Gasteiger partial charge in [0.15, 0.2) is 0 Å². The first-order chi connectivity index (χ1) is 6.34. The fraction of sp³-hybridized carbons (Fsp3) is 0.333. The largest absolute Gasteiger partial charge is 0.507 e. The maximum atomic E-state index is 12.2. The summed E-state index contributed by atoms with van der Waals surface area (Å²) in [5, 5.41) is 9.35. The minimum absolute atomic E-state index is 0.294. The molecule has 0 aliphatic heterocycles. The number of hydrogen-bond acceptors (Lipinski definition) is 2. The van der Waals surface area contributed by atoms with Crippen molar-refractivity contribution < 1.29 is 18.3 Å². The molecule has 0 spiro atoms. The maximum absolute atomic E-state index is 12.2. The first-order valence-electron chi connectivity index (χ1n) is 3.95. The Morgan fingerprint density at radius 3 is 2.43 bits per heavy atom. The van der Waals surface area contributed by atoms with Gasteiger partial charge in [-0.2, -0.15) is 13.2 Å². The summed E-state index contributed by atoms with van der Waals surface area (Å²) in [6.45, 7) is 1.52. The van der Waals surface area contributed by atoms with E-state index in [4.69, 9.17) is 5.73 Å². The number of aromatic hydroxyl groups is 1. The van der Waals surface area contributed by atoms with Crippen molar-refractivity contribution in [2.45, 2.75) is 19.1 Å². The van der Waals surface area contributed by atoms with Gasteiger partial charge in [0.1, 0.15) is 11.8 Å². The Kier molecular flexibility index (Phi) is 2.71. The third-order valence-corrected chi connectivity index (χ3v) is 1.96. The van der Waals surface area contributed by atoms with Crippen LogP contribution in [0.3, 0.4) is 0 Å². The van der Waals surface area contributed by atoms with Gasteiger partial charge >= 0.3 is 6.18 Å². The molecule has 0 aliphatic rings. The lowest BCUT2D eigenvalue weighted by molar-refractivity contribution is -0.149. The van der Waals surface area contributed by atoms with Crippen LogP contribution >= 0.6 is 0 Å². The molecule has 1 rings (SSSR count). The fourth-order valence-electron chi connectivity index (χ4n) is 1.11. The number of benzene rings is 1. The van der Waals surface area contributed by atoms with Crippen molar-refractivity contribution in [1.29, 1.82) is 0 Å². The molecule has 3 N–H and O–H groups in total. The number of halogens is 3. The summed E-state index contributed by atoms with van der Waals surface area (Å²) >= 11 is 0. The maximum Gasteiger partial charge on any atom is 0.407 e. The van der Waals surface area contributed by atoms with E-state index in [1.54, 1.807) is 0 Å². The number of phenols is 1. The summed E-state index contributed by atoms with van der Waals surface area (Å²) in [4.78, 5) is 0. The van der Waals surface area contributed by atoms with Gasteiger partial charge in [0.25, 0.3) is 0 Å². The molecule has 0 heterocycles. The predicted octanol–water partition coefficient (Wildman–Crippen LogP) is 2.26. The third-order valence-electron chi connectivity index (χ3n) is 1.96. The number of rotatable bonds is 1. The van der Waals surface area contributed by atoms with Gasteiger partial charge in [-0.05, 0) is 12.5 Å². The van der Waals surface area contributed by atoms with Crippen LogP contribution in [-0.4, -0.2) is 11.3 Å². The SMILES string of the molecule is Cc1cccc(C(N)C(F)(F)F)c1O. The molecule has 0 amide bonds. The average molecular weight is 205 g/mol. The van der Waals surface area contributed by atoms with Crippen LogP contribution in [0.2, 0.25) is 0 Å². The molecule has 0 radical (unpaired) electrons. The molecule has 5 heteroatoms. The first kappa shape index (κ1) is 10.8. The molecule has 0 saturated carbocycles. The van der Waals surface area contributed by atoms with Crippen molar-refractivity contribution in [1.82, 2.24) is 0 Å². The first-order valence-corrected chi connectivity index (χ1v) is 3.95. The van der Waals surface area contributed by atoms with Crippen molar-refractivity contribution >= 4 is 0 Å². The molecule has 1 aromatic carbocycles. The van der Waals surface area contributed by atoms with Gasteiger partial charge in [-0.3, -0.25) is 0 Å². The number of hydrogen-bond donors (Lipinski definition) is 2. The third kappa shape index (κ3) is 1.98. The van der Waals surface area contributed by atoms with Crippen molar-refractivity contribution in [3.8, 4) is 5.75 Å². The van der Waals surface area contributed by atoms with Crippen molar-refractivity contribution in [2.24, 2.45) is 5.73 Å². The van der Waals surface area contributed by atoms with E-state index in [0.717, 1.165) is 0 Å². The molecule has 1 aromatic rings. The van der Waals surface area contributed by atoms with Crippen molar-refractivity contribution in [3.63, 3.8) is 0 Å². The highest BCUT2D eigenvalue weighted by Gasteiger charge is 2.39. The summed E-state index contributed by atoms with van der Waals surface area (Å²) in [6.07, 6.45) is -4.54. The highest BCUT2D eigenvalue weighted by Crippen LogP contribution is 2.35. The second-order valence-electron chi connectivity index (χ2n) is 3.03. The molecular weight excluding hydrogens is 195 g/mol. The molecule has 1 atom stereocenters. The zero-order valence-electron chi connectivity index (χ0n) is 7.47. The van der Waals surface area contributed by atoms with Gasteiger partial charge in [0.05, 0.1) is 0 Å². The summed E-state index contributed by atoms with van der Waals surface area (Å²) in [5.41, 5.74) is 5.04. The van der Waals surface area contributed by atoms with Gasteiger partial charge in [0.2, 0.25) is 0 Å². The zero-order valence-corrected chi connectivity index (χ0v) is 7.47. The minimum atomic E-state index is -4.54. The summed E-state index contributed by atoms with van der Waals surface area (Å²) in [6, 6.07) is 1.97. The minimum Gasteiger partial charge on any atom is -0.507 e. The fourth-order valence-corrected chi connectivity index (χ4v) is 1.11. The lowest BCUT2D eigenvalue weighted by Crippen LogP contribution is -2.28. The molecule has 1 unspecified atom stereocenters. The Balaban J connectivity index is 3.14. The van der Waals surface area contributed by atoms with Crippen LogP contribution in [-0.2, 0) is 0 Å². The standard InChI is InChI=1S/C9H10F3NO/c1-5-3-2-4-6(7(5)14)8(13)9(10,11)12/h2-4,8,14H,13H2,1H3. The van der Waals surface area contributed by atoms with Crippen LogP contribution in [0.4, 0.5) is 13.2 Å². The molecule has 78 valence electrons. The van der Waals surface area contributed by atoms with Crippen molar-refractivity contribution in [2.75, 3.05) is 0 Å². The van der Waals surface area contributed by atoms with Crippen LogP contribution < -0.4 is 5.73 Å². The molecule has 2 nitrogen and oxygen atoms in total. The van der Waals surface area contributed by atoms with Gasteiger partial charge in [-0.1, -0.05) is 18.2 Å². The van der Waals surface area contributed by atoms with Crippen LogP contribution in [0, 0.1) is 6.92 Å². The number of para-hydroxylation sites is 1. The highest BCUT2D eigenvalue weighted by atomic mass is 19.4. The van der Waals surface area contributed by atoms with Gasteiger partial charge < -0.3 is 10.8 Å². The highest BCUT2D eigenvalue weighted by molar-refractivity contribution is 5.41. The molecule has 0 fully saturated rings. The molecular formula is C9H10F3NO. The smallest absolute Gasteiger partial charge is 0.407 e. The molecule has 0 aliphatic carbocycles. The van der Waals surface area contributed by atoms with Crippen LogP contribution in [0.1, 0.15) is 17.2 Å². The van der Waals surface area contributed by atoms with E-state index in [0.29, 0.717) is 5.56 Å². The van der Waals surface area contributed by atoms with Gasteiger partial charge in [-0.15, -0.1) is 0 Å². The second kappa shape index (κ2) is 3.49. The Hall–Kier alpha value is -1.23. The average Bonchev–Trinajstić information content (AvgIpc) is 2.07. The summed E-state index contributed by atoms with van der Waals surface area (Å²) in [5.74, 6) is -0.391. The second-order valence-corrected chi connectivity index (χ2v) is 3.03. The number of alkyl halides is 3. The lowest BCUT2D eigenvalue weighted by Gasteiger charge is -2.17. The quantitative estimate of drug-likeness (QED) is 0.738. The predicted molar refractivity (Wildman–Crippen MR) is 45.8 cm³/mol. The Bertz CT molecular complexity index is 335. The van der Waals surface area contributed by atoms with Gasteiger partial charge in [-0.25, -0.2) is 0 Å². The van der Waals surface area contributed by atoms with E-state index in [9.17, 15) is 18.3 Å². The molecule has 0 saturated heterocycles. The van der Waals surface area contributed by atoms with Crippen LogP contribution in [0.25, 0.3) is 0 Å². The zero-order chi connectivity index (χ0) is 10.9. The van der Waals surface area contributed by atoms with Crippen molar-refractivity contribution in [3.05, 3.63) is 29.3 Å². The number of nitrogens with two attached hydrogens (primary N) is 1. The number of aryl methyl sites for hydroxylation is 1. The van der Waals surface area contributed by atoms with E-state index in [2.05, 4.69) is 0 Å². The van der Waals surface area contributed by atoms with E-state index in [-0.39, 0.29) is 5.56 Å². The van der Waals surface area contributed by atoms with Crippen LogP contribution in [0.5, 0.6) is 5.75 Å². The monoisotopic (exact) mass is 205 g/mol. The molecule has 0 bridgehead atoms. The Morgan fingerprint density at radius 1 is 1.36 bits per heavy atom. The lowest BCUT2D eigenvalue weighted by atomic mass is 10.0. The normalized spacial score (nSPS) is 14.1. The molecule has 14 heavy (non-hydrogen) atoms. The molecule has 0 aromatic heterocycles. The van der Waals surface area contributed by atoms with E-state index in [1.165, 1.54) is 25.1 Å². The van der Waals surface area contributed by atoms with E-state index in [1.807, 2.05) is 0 Å². The van der Waals surface area contributed by atoms with E-state index < -0.39 is 18.0 Å².